The molecular weight excluding hydrogens is 434 g/mol. The molecule has 0 aliphatic rings. The highest BCUT2D eigenvalue weighted by molar-refractivity contribution is 5.88. The molecular formula is C19H11F4N7O2. The molecule has 0 radical (unpaired) electrons. The Hall–Kier alpha value is -4.29. The van der Waals surface area contributed by atoms with Gasteiger partial charge in [0.05, 0.1) is 17.4 Å². The summed E-state index contributed by atoms with van der Waals surface area (Å²) < 4.78 is 51.5. The third kappa shape index (κ3) is 4.12. The highest BCUT2D eigenvalue weighted by Gasteiger charge is 2.30. The average molecular weight is 445 g/mol. The van der Waals surface area contributed by atoms with Gasteiger partial charge in [0.2, 0.25) is 0 Å². The molecule has 162 valence electrons. The summed E-state index contributed by atoms with van der Waals surface area (Å²) in [4.78, 5) is 27.4. The second-order valence-electron chi connectivity index (χ2n) is 6.38. The monoisotopic (exact) mass is 445 g/mol. The predicted molar refractivity (Wildman–Crippen MR) is 103 cm³/mol. The number of nitrogens with one attached hydrogen (secondary N) is 1. The lowest BCUT2D eigenvalue weighted by molar-refractivity contribution is -0.137. The van der Waals surface area contributed by atoms with E-state index in [2.05, 4.69) is 35.5 Å². The number of carboxylic acids is 1. The lowest BCUT2D eigenvalue weighted by Gasteiger charge is -2.10. The number of pyridine rings is 2. The molecule has 13 heteroatoms. The minimum Gasteiger partial charge on any atom is -0.476 e. The van der Waals surface area contributed by atoms with Gasteiger partial charge in [-0.25, -0.2) is 29.1 Å². The van der Waals surface area contributed by atoms with Crippen molar-refractivity contribution in [1.82, 2.24) is 30.1 Å². The van der Waals surface area contributed by atoms with E-state index in [4.69, 9.17) is 5.11 Å². The van der Waals surface area contributed by atoms with Gasteiger partial charge in [0.1, 0.15) is 29.4 Å². The third-order valence-corrected chi connectivity index (χ3v) is 4.28. The molecule has 0 bridgehead atoms. The van der Waals surface area contributed by atoms with Gasteiger partial charge in [-0.2, -0.15) is 13.2 Å². The number of rotatable bonds is 5. The van der Waals surface area contributed by atoms with Crippen molar-refractivity contribution in [2.75, 3.05) is 5.32 Å². The first kappa shape index (κ1) is 21.0. The summed E-state index contributed by atoms with van der Waals surface area (Å²) in [5.74, 6) is -1.20. The van der Waals surface area contributed by atoms with Crippen molar-refractivity contribution >= 4 is 28.6 Å². The van der Waals surface area contributed by atoms with E-state index < -0.39 is 30.1 Å². The fourth-order valence-corrected chi connectivity index (χ4v) is 2.76. The first-order valence-corrected chi connectivity index (χ1v) is 8.84. The molecule has 9 nitrogen and oxygen atoms in total. The van der Waals surface area contributed by atoms with Crippen molar-refractivity contribution < 1.29 is 27.5 Å². The van der Waals surface area contributed by atoms with Crippen LogP contribution in [-0.4, -0.2) is 41.2 Å². The molecule has 32 heavy (non-hydrogen) atoms. The quantitative estimate of drug-likeness (QED) is 0.441. The summed E-state index contributed by atoms with van der Waals surface area (Å²) in [5, 5.41) is 19.1. The van der Waals surface area contributed by atoms with Crippen molar-refractivity contribution in [2.45, 2.75) is 12.9 Å². The Labute approximate surface area is 176 Å². The van der Waals surface area contributed by atoms with E-state index >= 15 is 0 Å². The SMILES string of the molecule is O=C(O)c1cc(CF)c(-c2cnc3c(Nc4ccc(C(F)(F)F)cn4)ccnc3n2)nn1. The summed E-state index contributed by atoms with van der Waals surface area (Å²) in [6, 6.07) is 4.65. The Morgan fingerprint density at radius 1 is 1.06 bits per heavy atom. The highest BCUT2D eigenvalue weighted by atomic mass is 19.4. The molecule has 0 amide bonds. The number of aromatic carboxylic acids is 1. The number of alkyl halides is 4. The van der Waals surface area contributed by atoms with Gasteiger partial charge < -0.3 is 10.4 Å². The minimum absolute atomic E-state index is 0.0106. The topological polar surface area (TPSA) is 127 Å². The molecule has 0 aliphatic heterocycles. The molecule has 0 aromatic carbocycles. The van der Waals surface area contributed by atoms with Crippen LogP contribution in [0.15, 0.2) is 42.9 Å². The van der Waals surface area contributed by atoms with Crippen molar-refractivity contribution in [3.63, 3.8) is 0 Å². The Balaban J connectivity index is 1.68. The van der Waals surface area contributed by atoms with Gasteiger partial charge in [-0.15, -0.1) is 10.2 Å². The van der Waals surface area contributed by atoms with E-state index in [1.807, 2.05) is 0 Å². The van der Waals surface area contributed by atoms with Crippen LogP contribution in [0.25, 0.3) is 22.6 Å². The van der Waals surface area contributed by atoms with E-state index in [1.54, 1.807) is 0 Å². The molecule has 0 saturated carbocycles. The molecule has 0 spiro atoms. The number of nitrogens with zero attached hydrogens (tertiary/aromatic N) is 6. The van der Waals surface area contributed by atoms with Gasteiger partial charge >= 0.3 is 12.1 Å². The Morgan fingerprint density at radius 2 is 1.88 bits per heavy atom. The van der Waals surface area contributed by atoms with Crippen LogP contribution in [0.1, 0.15) is 21.6 Å². The molecule has 4 aromatic heterocycles. The highest BCUT2D eigenvalue weighted by Crippen LogP contribution is 2.30. The molecule has 0 unspecified atom stereocenters. The molecule has 4 aromatic rings. The van der Waals surface area contributed by atoms with Crippen LogP contribution >= 0.6 is 0 Å². The Kier molecular flexibility index (Phi) is 5.30. The van der Waals surface area contributed by atoms with E-state index in [1.165, 1.54) is 24.5 Å². The largest absolute Gasteiger partial charge is 0.476 e. The van der Waals surface area contributed by atoms with Crippen molar-refractivity contribution in [3.8, 4) is 11.4 Å². The third-order valence-electron chi connectivity index (χ3n) is 4.28. The fourth-order valence-electron chi connectivity index (χ4n) is 2.76. The predicted octanol–water partition coefficient (Wildman–Crippen LogP) is 3.81. The van der Waals surface area contributed by atoms with Gasteiger partial charge in [-0.3, -0.25) is 0 Å². The van der Waals surface area contributed by atoms with Crippen LogP contribution in [0.3, 0.4) is 0 Å². The summed E-state index contributed by atoms with van der Waals surface area (Å²) in [6.07, 6.45) is -1.13. The first-order valence-electron chi connectivity index (χ1n) is 8.84. The van der Waals surface area contributed by atoms with Crippen LogP contribution in [-0.2, 0) is 12.9 Å². The summed E-state index contributed by atoms with van der Waals surface area (Å²) in [6.45, 7) is -1.00. The van der Waals surface area contributed by atoms with E-state index in [0.717, 1.165) is 12.1 Å². The molecule has 4 heterocycles. The second kappa shape index (κ2) is 8.09. The number of hydrogen-bond donors (Lipinski definition) is 2. The number of carboxylic acid groups (broad SMARTS) is 1. The molecule has 0 aliphatic carbocycles. The maximum Gasteiger partial charge on any atom is 0.417 e. The summed E-state index contributed by atoms with van der Waals surface area (Å²) in [5.41, 5.74) is -0.422. The zero-order valence-electron chi connectivity index (χ0n) is 15.8. The van der Waals surface area contributed by atoms with Crippen LogP contribution in [0.2, 0.25) is 0 Å². The van der Waals surface area contributed by atoms with Gasteiger partial charge in [0, 0.05) is 18.0 Å². The smallest absolute Gasteiger partial charge is 0.417 e. The van der Waals surface area contributed by atoms with Crippen LogP contribution in [0.5, 0.6) is 0 Å². The fraction of sp³-hybridized carbons (Fsp3) is 0.105. The van der Waals surface area contributed by atoms with Gasteiger partial charge in [-0.1, -0.05) is 0 Å². The lowest BCUT2D eigenvalue weighted by atomic mass is 10.1. The van der Waals surface area contributed by atoms with E-state index in [0.29, 0.717) is 11.9 Å². The van der Waals surface area contributed by atoms with Crippen molar-refractivity contribution in [3.05, 3.63) is 59.7 Å². The summed E-state index contributed by atoms with van der Waals surface area (Å²) >= 11 is 0. The first-order chi connectivity index (χ1) is 15.3. The number of fused-ring (bicyclic) bond motifs is 1. The van der Waals surface area contributed by atoms with Crippen LogP contribution < -0.4 is 5.32 Å². The average Bonchev–Trinajstić information content (AvgIpc) is 2.78. The van der Waals surface area contributed by atoms with E-state index in [-0.39, 0.29) is 33.9 Å². The molecule has 0 atom stereocenters. The van der Waals surface area contributed by atoms with Gasteiger partial charge in [-0.05, 0) is 24.3 Å². The zero-order valence-corrected chi connectivity index (χ0v) is 15.8. The van der Waals surface area contributed by atoms with Crippen LogP contribution in [0, 0.1) is 0 Å². The zero-order chi connectivity index (χ0) is 22.9. The Bertz CT molecular complexity index is 1310. The lowest BCUT2D eigenvalue weighted by Crippen LogP contribution is -2.07. The van der Waals surface area contributed by atoms with Gasteiger partial charge in [0.15, 0.2) is 11.3 Å². The molecule has 4 rings (SSSR count). The number of carbonyl (C=O) groups is 1. The number of anilines is 2. The second-order valence-corrected chi connectivity index (χ2v) is 6.38. The maximum absolute atomic E-state index is 13.4. The standard InChI is InChI=1S/C19H11F4N7O2/c20-6-9-5-12(18(31)32)29-30-15(9)13-8-26-16-11(3-4-24-17(16)28-13)27-14-2-1-10(7-25-14)19(21,22)23/h1-5,7-8H,6H2,(H,31,32)(H,24,25,27,28). The minimum atomic E-state index is -4.50. The van der Waals surface area contributed by atoms with Gasteiger partial charge in [0.25, 0.3) is 0 Å². The molecule has 0 saturated heterocycles. The number of aromatic nitrogens is 6. The number of halogens is 4. The van der Waals surface area contributed by atoms with E-state index in [9.17, 15) is 22.4 Å². The summed E-state index contributed by atoms with van der Waals surface area (Å²) in [7, 11) is 0. The Morgan fingerprint density at radius 3 is 2.53 bits per heavy atom. The van der Waals surface area contributed by atoms with Crippen LogP contribution in [0.4, 0.5) is 29.1 Å². The van der Waals surface area contributed by atoms with Crippen molar-refractivity contribution in [2.24, 2.45) is 0 Å². The maximum atomic E-state index is 13.4. The number of hydrogen-bond acceptors (Lipinski definition) is 8. The molecule has 0 fully saturated rings. The van der Waals surface area contributed by atoms with Crippen molar-refractivity contribution in [1.29, 1.82) is 0 Å². The normalized spacial score (nSPS) is 11.5. The molecule has 2 N–H and O–H groups in total.